The van der Waals surface area contributed by atoms with Crippen molar-refractivity contribution in [3.63, 3.8) is 0 Å². The molecule has 1 atom stereocenters. The van der Waals surface area contributed by atoms with Crippen molar-refractivity contribution in [1.82, 2.24) is 0 Å². The Labute approximate surface area is 179 Å². The van der Waals surface area contributed by atoms with Gasteiger partial charge in [-0.25, -0.2) is 4.79 Å². The maximum atomic E-state index is 13.0. The van der Waals surface area contributed by atoms with Crippen LogP contribution in [0.4, 0.5) is 5.69 Å². The first-order chi connectivity index (χ1) is 13.8. The summed E-state index contributed by atoms with van der Waals surface area (Å²) < 4.78 is 5.97. The molecule has 2 aromatic rings. The van der Waals surface area contributed by atoms with Gasteiger partial charge in [-0.05, 0) is 61.2 Å². The normalized spacial score (nSPS) is 16.4. The zero-order valence-corrected chi connectivity index (χ0v) is 18.0. The number of aryl methyl sites for hydroxylation is 1. The summed E-state index contributed by atoms with van der Waals surface area (Å²) in [6.07, 6.45) is 1.27. The van der Waals surface area contributed by atoms with Gasteiger partial charge in [-0.15, -0.1) is 0 Å². The average Bonchev–Trinajstić information content (AvgIpc) is 2.96. The first kappa shape index (κ1) is 21.1. The van der Waals surface area contributed by atoms with E-state index in [1.165, 1.54) is 11.8 Å². The molecule has 5 nitrogen and oxygen atoms in total. The molecule has 1 unspecified atom stereocenters. The van der Waals surface area contributed by atoms with E-state index in [9.17, 15) is 9.59 Å². The van der Waals surface area contributed by atoms with Crippen molar-refractivity contribution < 1.29 is 19.4 Å². The Morgan fingerprint density at radius 2 is 1.93 bits per heavy atom. The number of aliphatic carboxylic acids is 1. The predicted molar refractivity (Wildman–Crippen MR) is 120 cm³/mol. The number of thiocarbonyl (C=S) groups is 1. The first-order valence-electron chi connectivity index (χ1n) is 9.15. The van der Waals surface area contributed by atoms with Gasteiger partial charge in [0, 0.05) is 0 Å². The fraction of sp³-hybridized carbons (Fsp3) is 0.227. The van der Waals surface area contributed by atoms with Crippen molar-refractivity contribution in [2.24, 2.45) is 0 Å². The fourth-order valence-corrected chi connectivity index (χ4v) is 4.20. The van der Waals surface area contributed by atoms with Gasteiger partial charge < -0.3 is 9.84 Å². The lowest BCUT2D eigenvalue weighted by atomic mass is 10.1. The summed E-state index contributed by atoms with van der Waals surface area (Å²) in [7, 11) is 0. The van der Waals surface area contributed by atoms with E-state index in [-0.39, 0.29) is 5.91 Å². The standard InChI is InChI=1S/C22H21NO4S2/c1-4-18(21(25)26)27-16-10-8-15(9-11-16)12-19-20(24)23(22(28)29-19)17-7-5-6-13(2)14(17)3/h5-12,18H,4H2,1-3H3,(H,25,26)/b19-12+. The predicted octanol–water partition coefficient (Wildman–Crippen LogP) is 4.95. The molecule has 0 spiro atoms. The maximum absolute atomic E-state index is 13.0. The van der Waals surface area contributed by atoms with E-state index in [1.807, 2.05) is 32.0 Å². The van der Waals surface area contributed by atoms with Gasteiger partial charge in [0.25, 0.3) is 5.91 Å². The molecule has 1 aliphatic rings. The summed E-state index contributed by atoms with van der Waals surface area (Å²) in [5.41, 5.74) is 3.74. The highest BCUT2D eigenvalue weighted by atomic mass is 32.2. The minimum atomic E-state index is -0.994. The topological polar surface area (TPSA) is 66.8 Å². The zero-order chi connectivity index (χ0) is 21.1. The number of nitrogens with zero attached hydrogens (tertiary/aromatic N) is 1. The molecule has 2 aromatic carbocycles. The monoisotopic (exact) mass is 427 g/mol. The number of carbonyl (C=O) groups excluding carboxylic acids is 1. The highest BCUT2D eigenvalue weighted by Gasteiger charge is 2.34. The average molecular weight is 428 g/mol. The molecule has 1 aliphatic heterocycles. The number of carbonyl (C=O) groups is 2. The summed E-state index contributed by atoms with van der Waals surface area (Å²) in [4.78, 5) is 26.2. The van der Waals surface area contributed by atoms with Crippen LogP contribution in [0.25, 0.3) is 6.08 Å². The van der Waals surface area contributed by atoms with Crippen LogP contribution in [0.5, 0.6) is 5.75 Å². The van der Waals surface area contributed by atoms with Gasteiger partial charge in [0.2, 0.25) is 0 Å². The van der Waals surface area contributed by atoms with Crippen molar-refractivity contribution >= 4 is 51.9 Å². The maximum Gasteiger partial charge on any atom is 0.344 e. The van der Waals surface area contributed by atoms with Crippen molar-refractivity contribution in [3.8, 4) is 5.75 Å². The van der Waals surface area contributed by atoms with Crippen molar-refractivity contribution in [1.29, 1.82) is 0 Å². The second kappa shape index (κ2) is 8.80. The molecule has 1 N–H and O–H groups in total. The number of anilines is 1. The number of thioether (sulfide) groups is 1. The first-order valence-corrected chi connectivity index (χ1v) is 10.4. The number of amides is 1. The Kier molecular flexibility index (Phi) is 6.39. The van der Waals surface area contributed by atoms with Gasteiger partial charge >= 0.3 is 5.97 Å². The van der Waals surface area contributed by atoms with E-state index >= 15 is 0 Å². The molecular weight excluding hydrogens is 406 g/mol. The van der Waals surface area contributed by atoms with Crippen LogP contribution in [-0.4, -0.2) is 27.4 Å². The van der Waals surface area contributed by atoms with Crippen molar-refractivity contribution in [2.45, 2.75) is 33.3 Å². The molecule has 0 aromatic heterocycles. The van der Waals surface area contributed by atoms with Crippen LogP contribution in [0.1, 0.15) is 30.0 Å². The summed E-state index contributed by atoms with van der Waals surface area (Å²) in [6.45, 7) is 5.74. The van der Waals surface area contributed by atoms with Crippen molar-refractivity contribution in [3.05, 3.63) is 64.1 Å². The SMILES string of the molecule is CCC(Oc1ccc(/C=C2/SC(=S)N(c3cccc(C)c3C)C2=O)cc1)C(=O)O. The fourth-order valence-electron chi connectivity index (χ4n) is 2.92. The van der Waals surface area contributed by atoms with Gasteiger partial charge in [-0.3, -0.25) is 9.69 Å². The van der Waals surface area contributed by atoms with E-state index in [1.54, 1.807) is 42.2 Å². The Bertz CT molecular complexity index is 998. The van der Waals surface area contributed by atoms with E-state index in [2.05, 4.69) is 0 Å². The number of carboxylic acids is 1. The highest BCUT2D eigenvalue weighted by molar-refractivity contribution is 8.27. The lowest BCUT2D eigenvalue weighted by Gasteiger charge is -2.18. The lowest BCUT2D eigenvalue weighted by Crippen LogP contribution is -2.28. The van der Waals surface area contributed by atoms with Gasteiger partial charge in [0.15, 0.2) is 10.4 Å². The lowest BCUT2D eigenvalue weighted by molar-refractivity contribution is -0.145. The molecular formula is C22H21NO4S2. The highest BCUT2D eigenvalue weighted by Crippen LogP contribution is 2.38. The van der Waals surface area contributed by atoms with Gasteiger partial charge in [0.1, 0.15) is 5.75 Å². The molecule has 1 saturated heterocycles. The largest absolute Gasteiger partial charge is 0.479 e. The molecule has 7 heteroatoms. The smallest absolute Gasteiger partial charge is 0.344 e. The second-order valence-corrected chi connectivity index (χ2v) is 8.33. The number of hydrogen-bond donors (Lipinski definition) is 1. The van der Waals surface area contributed by atoms with Crippen LogP contribution < -0.4 is 9.64 Å². The van der Waals surface area contributed by atoms with Crippen LogP contribution in [0.15, 0.2) is 47.4 Å². The molecule has 150 valence electrons. The van der Waals surface area contributed by atoms with Gasteiger partial charge in [-0.2, -0.15) is 0 Å². The third kappa shape index (κ3) is 4.52. The number of carboxylic acid groups (broad SMARTS) is 1. The number of ether oxygens (including phenoxy) is 1. The van der Waals surface area contributed by atoms with Crippen molar-refractivity contribution in [2.75, 3.05) is 4.90 Å². The Morgan fingerprint density at radius 3 is 2.55 bits per heavy atom. The molecule has 0 saturated carbocycles. The third-order valence-corrected chi connectivity index (χ3v) is 6.02. The number of benzene rings is 2. The minimum absolute atomic E-state index is 0.147. The van der Waals surface area contributed by atoms with E-state index in [4.69, 9.17) is 22.1 Å². The molecule has 3 rings (SSSR count). The summed E-state index contributed by atoms with van der Waals surface area (Å²) >= 11 is 6.72. The Morgan fingerprint density at radius 1 is 1.24 bits per heavy atom. The molecule has 0 bridgehead atoms. The summed E-state index contributed by atoms with van der Waals surface area (Å²) in [5, 5.41) is 9.10. The number of rotatable bonds is 6. The number of hydrogen-bond acceptors (Lipinski definition) is 5. The van der Waals surface area contributed by atoms with Crippen LogP contribution in [-0.2, 0) is 9.59 Å². The zero-order valence-electron chi connectivity index (χ0n) is 16.3. The second-order valence-electron chi connectivity index (χ2n) is 6.66. The molecule has 1 amide bonds. The Hall–Kier alpha value is -2.64. The van der Waals surface area contributed by atoms with E-state index in [0.717, 1.165) is 22.4 Å². The summed E-state index contributed by atoms with van der Waals surface area (Å²) in [5.74, 6) is -0.669. The minimum Gasteiger partial charge on any atom is -0.479 e. The summed E-state index contributed by atoms with van der Waals surface area (Å²) in [6, 6.07) is 12.8. The quantitative estimate of drug-likeness (QED) is 0.520. The molecule has 29 heavy (non-hydrogen) atoms. The third-order valence-electron chi connectivity index (χ3n) is 4.71. The molecule has 0 aliphatic carbocycles. The van der Waals surface area contributed by atoms with Crippen LogP contribution in [0, 0.1) is 13.8 Å². The van der Waals surface area contributed by atoms with Gasteiger partial charge in [-0.1, -0.05) is 55.2 Å². The molecule has 1 fully saturated rings. The van der Waals surface area contributed by atoms with E-state index in [0.29, 0.717) is 21.4 Å². The van der Waals surface area contributed by atoms with Crippen LogP contribution >= 0.6 is 24.0 Å². The van der Waals surface area contributed by atoms with Crippen LogP contribution in [0.2, 0.25) is 0 Å². The van der Waals surface area contributed by atoms with Crippen LogP contribution in [0.3, 0.4) is 0 Å². The Balaban J connectivity index is 1.81. The van der Waals surface area contributed by atoms with Gasteiger partial charge in [0.05, 0.1) is 10.6 Å². The molecule has 0 radical (unpaired) electrons. The molecule has 1 heterocycles. The van der Waals surface area contributed by atoms with E-state index < -0.39 is 12.1 Å².